The molecule has 1 aromatic carbocycles. The number of rotatable bonds is 4. The molecule has 23 heavy (non-hydrogen) atoms. The number of nitrogens with zero attached hydrogens (tertiary/aromatic N) is 2. The van der Waals surface area contributed by atoms with E-state index in [0.29, 0.717) is 18.8 Å². The third-order valence-corrected chi connectivity index (χ3v) is 4.59. The highest BCUT2D eigenvalue weighted by atomic mass is 19.1. The summed E-state index contributed by atoms with van der Waals surface area (Å²) in [5, 5.41) is 4.14. The van der Waals surface area contributed by atoms with Crippen LogP contribution in [0.2, 0.25) is 0 Å². The molecule has 0 N–H and O–H groups in total. The number of hydrogen-bond donors (Lipinski definition) is 0. The Morgan fingerprint density at radius 2 is 2.00 bits per heavy atom. The first kappa shape index (κ1) is 15.7. The molecule has 2 aromatic rings. The van der Waals surface area contributed by atoms with Crippen LogP contribution < -0.4 is 0 Å². The Labute approximate surface area is 135 Å². The summed E-state index contributed by atoms with van der Waals surface area (Å²) in [7, 11) is 0. The lowest BCUT2D eigenvalue weighted by Gasteiger charge is -2.29. The first-order valence-electron chi connectivity index (χ1n) is 8.16. The molecule has 3 rings (SSSR count). The smallest absolute Gasteiger partial charge is 0.226 e. The summed E-state index contributed by atoms with van der Waals surface area (Å²) in [6, 6.07) is 6.21. The summed E-state index contributed by atoms with van der Waals surface area (Å²) in [6.07, 6.45) is 2.44. The van der Waals surface area contributed by atoms with Gasteiger partial charge in [-0.1, -0.05) is 19.0 Å². The third-order valence-electron chi connectivity index (χ3n) is 4.59. The monoisotopic (exact) mass is 316 g/mol. The number of amides is 1. The van der Waals surface area contributed by atoms with E-state index in [2.05, 4.69) is 5.16 Å². The van der Waals surface area contributed by atoms with Crippen LogP contribution in [0.4, 0.5) is 4.39 Å². The number of benzene rings is 1. The van der Waals surface area contributed by atoms with Crippen LogP contribution in [-0.4, -0.2) is 22.5 Å². The summed E-state index contributed by atoms with van der Waals surface area (Å²) in [5.41, 5.74) is 2.67. The van der Waals surface area contributed by atoms with E-state index in [-0.39, 0.29) is 17.6 Å². The minimum absolute atomic E-state index is 0.0834. The van der Waals surface area contributed by atoms with Gasteiger partial charge in [-0.2, -0.15) is 0 Å². The molecule has 0 unspecified atom stereocenters. The number of halogens is 1. The molecule has 1 aromatic heterocycles. The van der Waals surface area contributed by atoms with Crippen LogP contribution in [0, 0.1) is 11.7 Å². The average Bonchev–Trinajstić information content (AvgIpc) is 2.99. The van der Waals surface area contributed by atoms with Crippen LogP contribution in [0.15, 0.2) is 28.8 Å². The van der Waals surface area contributed by atoms with Gasteiger partial charge in [-0.05, 0) is 43.5 Å². The summed E-state index contributed by atoms with van der Waals surface area (Å²) < 4.78 is 18.5. The predicted molar refractivity (Wildman–Crippen MR) is 85.1 cm³/mol. The van der Waals surface area contributed by atoms with Gasteiger partial charge in [0.25, 0.3) is 0 Å². The van der Waals surface area contributed by atoms with Crippen LogP contribution >= 0.6 is 0 Å². The van der Waals surface area contributed by atoms with Crippen molar-refractivity contribution in [3.8, 4) is 11.3 Å². The average molecular weight is 316 g/mol. The number of aromatic nitrogens is 1. The molecular formula is C18H21FN2O2. The molecule has 0 aliphatic carbocycles. The molecule has 1 aliphatic heterocycles. The third kappa shape index (κ3) is 3.00. The fourth-order valence-corrected chi connectivity index (χ4v) is 3.14. The lowest BCUT2D eigenvalue weighted by molar-refractivity contribution is -0.136. The molecule has 1 amide bonds. The molecule has 5 heteroatoms. The van der Waals surface area contributed by atoms with Crippen LogP contribution in [0.3, 0.4) is 0 Å². The zero-order valence-corrected chi connectivity index (χ0v) is 13.5. The molecule has 0 radical (unpaired) electrons. The van der Waals surface area contributed by atoms with Crippen molar-refractivity contribution in [2.45, 2.75) is 39.7 Å². The Balaban J connectivity index is 1.81. The van der Waals surface area contributed by atoms with Crippen molar-refractivity contribution in [3.05, 3.63) is 41.3 Å². The molecule has 0 saturated heterocycles. The fourth-order valence-electron chi connectivity index (χ4n) is 3.14. The van der Waals surface area contributed by atoms with Crippen LogP contribution in [0.1, 0.15) is 37.9 Å². The lowest BCUT2D eigenvalue weighted by Crippen LogP contribution is -2.39. The molecule has 2 heterocycles. The Hall–Kier alpha value is -2.17. The SMILES string of the molecule is CCC(CC)C(=O)N1CCc2c(noc2-c2ccc(F)cc2)C1. The standard InChI is InChI=1S/C18H21FN2O2/c1-3-12(4-2)18(22)21-10-9-15-16(11-21)20-23-17(15)13-5-7-14(19)8-6-13/h5-8,12H,3-4,9-11H2,1-2H3. The molecule has 0 saturated carbocycles. The van der Waals surface area contributed by atoms with Crippen molar-refractivity contribution >= 4 is 5.91 Å². The quantitative estimate of drug-likeness (QED) is 0.862. The van der Waals surface area contributed by atoms with Gasteiger partial charge in [-0.25, -0.2) is 4.39 Å². The van der Waals surface area contributed by atoms with Gasteiger partial charge < -0.3 is 9.42 Å². The summed E-state index contributed by atoms with van der Waals surface area (Å²) >= 11 is 0. The van der Waals surface area contributed by atoms with Crippen LogP contribution in [0.25, 0.3) is 11.3 Å². The van der Waals surface area contributed by atoms with Crippen molar-refractivity contribution in [3.63, 3.8) is 0 Å². The second-order valence-electron chi connectivity index (χ2n) is 5.97. The highest BCUT2D eigenvalue weighted by molar-refractivity contribution is 5.79. The fraction of sp³-hybridized carbons (Fsp3) is 0.444. The largest absolute Gasteiger partial charge is 0.356 e. The lowest BCUT2D eigenvalue weighted by atomic mass is 9.97. The minimum atomic E-state index is -0.274. The van der Waals surface area contributed by atoms with E-state index >= 15 is 0 Å². The van der Waals surface area contributed by atoms with Gasteiger partial charge in [-0.3, -0.25) is 4.79 Å². The van der Waals surface area contributed by atoms with Gasteiger partial charge >= 0.3 is 0 Å². The van der Waals surface area contributed by atoms with Crippen molar-refractivity contribution in [1.29, 1.82) is 0 Å². The topological polar surface area (TPSA) is 46.3 Å². The second kappa shape index (κ2) is 6.52. The number of hydrogen-bond acceptors (Lipinski definition) is 3. The number of fused-ring (bicyclic) bond motifs is 1. The van der Waals surface area contributed by atoms with Crippen molar-refractivity contribution < 1.29 is 13.7 Å². The summed E-state index contributed by atoms with van der Waals surface area (Å²) in [4.78, 5) is 14.4. The predicted octanol–water partition coefficient (Wildman–Crippen LogP) is 3.80. The van der Waals surface area contributed by atoms with Crippen LogP contribution in [0.5, 0.6) is 0 Å². The van der Waals surface area contributed by atoms with E-state index < -0.39 is 0 Å². The second-order valence-corrected chi connectivity index (χ2v) is 5.97. The van der Waals surface area contributed by atoms with Crippen molar-refractivity contribution in [2.24, 2.45) is 5.92 Å². The van der Waals surface area contributed by atoms with Gasteiger partial charge in [-0.15, -0.1) is 0 Å². The van der Waals surface area contributed by atoms with Crippen molar-refractivity contribution in [2.75, 3.05) is 6.54 Å². The van der Waals surface area contributed by atoms with Gasteiger partial charge in [0.15, 0.2) is 5.76 Å². The zero-order valence-electron chi connectivity index (χ0n) is 13.5. The molecule has 0 bridgehead atoms. The van der Waals surface area contributed by atoms with Gasteiger partial charge in [0, 0.05) is 23.6 Å². The molecule has 122 valence electrons. The van der Waals surface area contributed by atoms with Crippen molar-refractivity contribution in [1.82, 2.24) is 10.1 Å². The normalized spacial score (nSPS) is 14.2. The van der Waals surface area contributed by atoms with Gasteiger partial charge in [0.05, 0.1) is 6.54 Å². The molecule has 4 nitrogen and oxygen atoms in total. The number of carbonyl (C=O) groups is 1. The first-order chi connectivity index (χ1) is 11.1. The van der Waals surface area contributed by atoms with Gasteiger partial charge in [0.2, 0.25) is 5.91 Å². The van der Waals surface area contributed by atoms with E-state index in [1.54, 1.807) is 12.1 Å². The zero-order chi connectivity index (χ0) is 16.4. The molecule has 1 aliphatic rings. The van der Waals surface area contributed by atoms with E-state index in [4.69, 9.17) is 4.52 Å². The maximum atomic E-state index is 13.1. The highest BCUT2D eigenvalue weighted by Gasteiger charge is 2.29. The Morgan fingerprint density at radius 1 is 1.30 bits per heavy atom. The molecule has 0 fully saturated rings. The molecule has 0 atom stereocenters. The Morgan fingerprint density at radius 3 is 2.65 bits per heavy atom. The number of carbonyl (C=O) groups excluding carboxylic acids is 1. The Bertz CT molecular complexity index is 690. The summed E-state index contributed by atoms with van der Waals surface area (Å²) in [6.45, 7) is 5.27. The van der Waals surface area contributed by atoms with E-state index in [9.17, 15) is 9.18 Å². The van der Waals surface area contributed by atoms with Crippen LogP contribution in [-0.2, 0) is 17.8 Å². The minimum Gasteiger partial charge on any atom is -0.356 e. The summed E-state index contributed by atoms with van der Waals surface area (Å²) in [5.74, 6) is 0.700. The molecule has 0 spiro atoms. The van der Waals surface area contributed by atoms with Gasteiger partial charge in [0.1, 0.15) is 11.5 Å². The van der Waals surface area contributed by atoms with E-state index in [1.807, 2.05) is 18.7 Å². The maximum Gasteiger partial charge on any atom is 0.226 e. The maximum absolute atomic E-state index is 13.1. The first-order valence-corrected chi connectivity index (χ1v) is 8.16. The highest BCUT2D eigenvalue weighted by Crippen LogP contribution is 2.31. The van der Waals surface area contributed by atoms with E-state index in [0.717, 1.165) is 36.1 Å². The van der Waals surface area contributed by atoms with E-state index in [1.165, 1.54) is 12.1 Å². The molecular weight excluding hydrogens is 295 g/mol. The Kier molecular flexibility index (Phi) is 4.46.